The molecule has 2 aromatic carbocycles. The van der Waals surface area contributed by atoms with E-state index in [9.17, 15) is 10.1 Å². The summed E-state index contributed by atoms with van der Waals surface area (Å²) < 4.78 is 16.3. The molecule has 9 nitrogen and oxygen atoms in total. The molecule has 1 unspecified atom stereocenters. The van der Waals surface area contributed by atoms with Crippen molar-refractivity contribution in [3.8, 4) is 11.5 Å². The molecule has 0 saturated carbocycles. The summed E-state index contributed by atoms with van der Waals surface area (Å²) in [6.45, 7) is 0.208. The number of non-ortho nitro benzene ring substituents is 1. The third-order valence-electron chi connectivity index (χ3n) is 4.55. The van der Waals surface area contributed by atoms with Gasteiger partial charge in [-0.15, -0.1) is 0 Å². The number of methoxy groups -OCH3 is 2. The standard InChI is InChI=1S/C19H17N3O6/c1-25-16-8-5-13(9-17(16)26-2)15-10-19(28-21-15)11-27-18(20-19)12-3-6-14(7-4-12)22(23)24/h3-9H,10-11H2,1-2H3. The van der Waals surface area contributed by atoms with Gasteiger partial charge in [-0.1, -0.05) is 5.16 Å². The Bertz CT molecular complexity index is 986. The van der Waals surface area contributed by atoms with Crippen molar-refractivity contribution < 1.29 is 24.0 Å². The quantitative estimate of drug-likeness (QED) is 0.581. The van der Waals surface area contributed by atoms with E-state index in [1.807, 2.05) is 12.1 Å². The minimum Gasteiger partial charge on any atom is -0.493 e. The van der Waals surface area contributed by atoms with Gasteiger partial charge in [0.1, 0.15) is 0 Å². The molecule has 0 aliphatic carbocycles. The fraction of sp³-hybridized carbons (Fsp3) is 0.263. The first-order chi connectivity index (χ1) is 13.5. The maximum atomic E-state index is 10.8. The molecule has 2 aliphatic rings. The van der Waals surface area contributed by atoms with Crippen LogP contribution in [-0.4, -0.2) is 43.1 Å². The molecule has 0 amide bonds. The Morgan fingerprint density at radius 3 is 2.46 bits per heavy atom. The van der Waals surface area contributed by atoms with Crippen LogP contribution in [0.2, 0.25) is 0 Å². The van der Waals surface area contributed by atoms with Crippen LogP contribution in [0.1, 0.15) is 17.5 Å². The minimum absolute atomic E-state index is 0.00764. The largest absolute Gasteiger partial charge is 0.493 e. The Morgan fingerprint density at radius 2 is 1.79 bits per heavy atom. The zero-order valence-corrected chi connectivity index (χ0v) is 15.2. The molecule has 0 aromatic heterocycles. The molecule has 1 atom stereocenters. The lowest BCUT2D eigenvalue weighted by Crippen LogP contribution is -2.28. The van der Waals surface area contributed by atoms with E-state index in [2.05, 4.69) is 10.1 Å². The highest BCUT2D eigenvalue weighted by Crippen LogP contribution is 2.35. The van der Waals surface area contributed by atoms with Gasteiger partial charge < -0.3 is 19.0 Å². The predicted molar refractivity (Wildman–Crippen MR) is 100 cm³/mol. The average molecular weight is 383 g/mol. The number of rotatable bonds is 5. The number of benzene rings is 2. The highest BCUT2D eigenvalue weighted by atomic mass is 16.7. The lowest BCUT2D eigenvalue weighted by atomic mass is 10.0. The number of nitro groups is 1. The summed E-state index contributed by atoms with van der Waals surface area (Å²) in [6, 6.07) is 11.5. The first-order valence-corrected chi connectivity index (χ1v) is 8.48. The van der Waals surface area contributed by atoms with Crippen LogP contribution < -0.4 is 9.47 Å². The van der Waals surface area contributed by atoms with Gasteiger partial charge in [0.25, 0.3) is 11.4 Å². The van der Waals surface area contributed by atoms with E-state index in [1.54, 1.807) is 32.4 Å². The molecule has 28 heavy (non-hydrogen) atoms. The van der Waals surface area contributed by atoms with E-state index in [-0.39, 0.29) is 12.3 Å². The van der Waals surface area contributed by atoms with Crippen molar-refractivity contribution in [2.24, 2.45) is 10.1 Å². The van der Waals surface area contributed by atoms with Gasteiger partial charge in [-0.3, -0.25) is 10.1 Å². The van der Waals surface area contributed by atoms with Crippen LogP contribution in [0, 0.1) is 10.1 Å². The van der Waals surface area contributed by atoms with Crippen molar-refractivity contribution >= 4 is 17.3 Å². The molecule has 2 aromatic rings. The van der Waals surface area contributed by atoms with Crippen LogP contribution in [0.15, 0.2) is 52.6 Å². The van der Waals surface area contributed by atoms with Crippen molar-refractivity contribution in [2.45, 2.75) is 12.1 Å². The molecular weight excluding hydrogens is 366 g/mol. The molecule has 144 valence electrons. The topological polar surface area (TPSA) is 105 Å². The second-order valence-corrected chi connectivity index (χ2v) is 6.33. The van der Waals surface area contributed by atoms with Crippen LogP contribution >= 0.6 is 0 Å². The number of hydrogen-bond donors (Lipinski definition) is 0. The maximum absolute atomic E-state index is 10.8. The molecule has 0 fully saturated rings. The van der Waals surface area contributed by atoms with E-state index >= 15 is 0 Å². The monoisotopic (exact) mass is 383 g/mol. The van der Waals surface area contributed by atoms with Gasteiger partial charge in [0.2, 0.25) is 5.90 Å². The van der Waals surface area contributed by atoms with Crippen LogP contribution in [0.5, 0.6) is 11.5 Å². The summed E-state index contributed by atoms with van der Waals surface area (Å²) in [4.78, 5) is 20.5. The smallest absolute Gasteiger partial charge is 0.269 e. The molecule has 1 spiro atoms. The van der Waals surface area contributed by atoms with Gasteiger partial charge in [0.05, 0.1) is 31.3 Å². The van der Waals surface area contributed by atoms with Gasteiger partial charge in [0.15, 0.2) is 18.1 Å². The second kappa shape index (κ2) is 6.84. The minimum atomic E-state index is -0.931. The van der Waals surface area contributed by atoms with Crippen molar-refractivity contribution in [1.29, 1.82) is 0 Å². The van der Waals surface area contributed by atoms with Gasteiger partial charge in [0, 0.05) is 23.3 Å². The van der Waals surface area contributed by atoms with E-state index in [4.69, 9.17) is 19.0 Å². The Morgan fingerprint density at radius 1 is 1.07 bits per heavy atom. The first kappa shape index (κ1) is 17.8. The average Bonchev–Trinajstić information content (AvgIpc) is 3.34. The highest BCUT2D eigenvalue weighted by molar-refractivity contribution is 6.03. The normalized spacial score (nSPS) is 20.2. The third kappa shape index (κ3) is 3.11. The SMILES string of the molecule is COc1ccc(C2=NOC3(COC(c4ccc([N+](=O)[O-])cc4)=N3)C2)cc1OC. The predicted octanol–water partition coefficient (Wildman–Crippen LogP) is 2.91. The van der Waals surface area contributed by atoms with Crippen LogP contribution in [0.25, 0.3) is 0 Å². The fourth-order valence-corrected chi connectivity index (χ4v) is 3.08. The molecule has 2 aliphatic heterocycles. The lowest BCUT2D eigenvalue weighted by molar-refractivity contribution is -0.384. The molecular formula is C19H17N3O6. The molecule has 0 radical (unpaired) electrons. The zero-order valence-electron chi connectivity index (χ0n) is 15.2. The highest BCUT2D eigenvalue weighted by Gasteiger charge is 2.45. The fourth-order valence-electron chi connectivity index (χ4n) is 3.08. The number of ether oxygens (including phenoxy) is 3. The molecule has 9 heteroatoms. The molecule has 4 rings (SSSR count). The van der Waals surface area contributed by atoms with Gasteiger partial charge in [-0.2, -0.15) is 4.99 Å². The number of nitrogens with zero attached hydrogens (tertiary/aromatic N) is 3. The molecule has 0 bridgehead atoms. The van der Waals surface area contributed by atoms with Crippen LogP contribution in [-0.2, 0) is 9.57 Å². The van der Waals surface area contributed by atoms with E-state index in [1.165, 1.54) is 12.1 Å². The Labute approximate surface area is 160 Å². The Kier molecular flexibility index (Phi) is 4.34. The number of nitro benzene ring substituents is 1. The summed E-state index contributed by atoms with van der Waals surface area (Å²) >= 11 is 0. The van der Waals surface area contributed by atoms with E-state index in [0.717, 1.165) is 11.3 Å². The number of oxime groups is 1. The summed E-state index contributed by atoms with van der Waals surface area (Å²) in [5.41, 5.74) is 1.28. The summed E-state index contributed by atoms with van der Waals surface area (Å²) in [5.74, 6) is 1.60. The number of aliphatic imine (C=N–C) groups is 1. The second-order valence-electron chi connectivity index (χ2n) is 6.33. The molecule has 0 saturated heterocycles. The number of hydrogen-bond acceptors (Lipinski definition) is 8. The van der Waals surface area contributed by atoms with Gasteiger partial charge in [-0.05, 0) is 30.3 Å². The van der Waals surface area contributed by atoms with E-state index < -0.39 is 10.6 Å². The lowest BCUT2D eigenvalue weighted by Gasteiger charge is -2.14. The molecule has 0 N–H and O–H groups in total. The summed E-state index contributed by atoms with van der Waals surface area (Å²) in [7, 11) is 3.15. The van der Waals surface area contributed by atoms with Gasteiger partial charge >= 0.3 is 0 Å². The summed E-state index contributed by atoms with van der Waals surface area (Å²) in [6.07, 6.45) is 0.430. The van der Waals surface area contributed by atoms with Gasteiger partial charge in [-0.25, -0.2) is 0 Å². The van der Waals surface area contributed by atoms with Crippen molar-refractivity contribution in [1.82, 2.24) is 0 Å². The Balaban J connectivity index is 1.53. The van der Waals surface area contributed by atoms with Crippen molar-refractivity contribution in [2.75, 3.05) is 20.8 Å². The van der Waals surface area contributed by atoms with Crippen LogP contribution in [0.3, 0.4) is 0 Å². The van der Waals surface area contributed by atoms with Crippen molar-refractivity contribution in [3.63, 3.8) is 0 Å². The van der Waals surface area contributed by atoms with Crippen LogP contribution in [0.4, 0.5) is 5.69 Å². The summed E-state index contributed by atoms with van der Waals surface area (Å²) in [5, 5.41) is 15.0. The first-order valence-electron chi connectivity index (χ1n) is 8.48. The zero-order chi connectivity index (χ0) is 19.7. The van der Waals surface area contributed by atoms with E-state index in [0.29, 0.717) is 29.4 Å². The maximum Gasteiger partial charge on any atom is 0.269 e. The van der Waals surface area contributed by atoms with Crippen molar-refractivity contribution in [3.05, 3.63) is 63.7 Å². The molecule has 2 heterocycles. The third-order valence-corrected chi connectivity index (χ3v) is 4.55. The Hall–Kier alpha value is -3.62.